The highest BCUT2D eigenvalue weighted by Crippen LogP contribution is 2.14. The van der Waals surface area contributed by atoms with Crippen molar-refractivity contribution in [3.8, 4) is 0 Å². The molecular formula is C19H30ClN3O2. The quantitative estimate of drug-likeness (QED) is 0.808. The Morgan fingerprint density at radius 2 is 1.76 bits per heavy atom. The molecule has 1 aliphatic rings. The van der Waals surface area contributed by atoms with Crippen LogP contribution in [0.15, 0.2) is 30.3 Å². The second kappa shape index (κ2) is 10.4. The number of hydrogen-bond acceptors (Lipinski definition) is 3. The molecule has 5 nitrogen and oxygen atoms in total. The van der Waals surface area contributed by atoms with Crippen molar-refractivity contribution in [2.45, 2.75) is 45.2 Å². The fraction of sp³-hybridized carbons (Fsp3) is 0.579. The lowest BCUT2D eigenvalue weighted by atomic mass is 9.99. The molecule has 0 spiro atoms. The van der Waals surface area contributed by atoms with Gasteiger partial charge in [-0.2, -0.15) is 0 Å². The number of halogens is 1. The predicted molar refractivity (Wildman–Crippen MR) is 103 cm³/mol. The van der Waals surface area contributed by atoms with E-state index in [1.54, 1.807) is 0 Å². The van der Waals surface area contributed by atoms with Crippen LogP contribution >= 0.6 is 12.4 Å². The van der Waals surface area contributed by atoms with Gasteiger partial charge in [-0.3, -0.25) is 9.59 Å². The van der Waals surface area contributed by atoms with E-state index in [0.717, 1.165) is 31.5 Å². The van der Waals surface area contributed by atoms with Crippen LogP contribution in [0.5, 0.6) is 0 Å². The highest BCUT2D eigenvalue weighted by molar-refractivity contribution is 5.88. The summed E-state index contributed by atoms with van der Waals surface area (Å²) in [5, 5.41) is 6.21. The molecule has 1 atom stereocenters. The second-order valence-electron chi connectivity index (χ2n) is 6.84. The number of carbonyl (C=O) groups excluding carboxylic acids is 2. The molecule has 0 aliphatic carbocycles. The molecule has 1 aliphatic heterocycles. The molecule has 1 saturated heterocycles. The number of piperidine rings is 1. The Labute approximate surface area is 157 Å². The van der Waals surface area contributed by atoms with Gasteiger partial charge in [0.25, 0.3) is 0 Å². The Kier molecular flexibility index (Phi) is 8.93. The summed E-state index contributed by atoms with van der Waals surface area (Å²) in [6.45, 7) is 5.46. The minimum atomic E-state index is -0.452. The van der Waals surface area contributed by atoms with Gasteiger partial charge in [-0.1, -0.05) is 44.2 Å². The number of hydrogen-bond donors (Lipinski definition) is 2. The first-order chi connectivity index (χ1) is 11.5. The molecule has 0 saturated carbocycles. The van der Waals surface area contributed by atoms with Crippen LogP contribution in [0.2, 0.25) is 0 Å². The summed E-state index contributed by atoms with van der Waals surface area (Å²) in [4.78, 5) is 27.0. The average molecular weight is 368 g/mol. The van der Waals surface area contributed by atoms with Crippen molar-refractivity contribution in [2.24, 2.45) is 5.92 Å². The normalized spacial score (nSPS) is 16.2. The summed E-state index contributed by atoms with van der Waals surface area (Å²) >= 11 is 0. The third-order valence-electron chi connectivity index (χ3n) is 4.67. The molecule has 2 rings (SSSR count). The maximum Gasteiger partial charge on any atom is 0.245 e. The van der Waals surface area contributed by atoms with Crippen LogP contribution in [0.25, 0.3) is 0 Å². The second-order valence-corrected chi connectivity index (χ2v) is 6.84. The predicted octanol–water partition coefficient (Wildman–Crippen LogP) is 2.00. The van der Waals surface area contributed by atoms with Crippen LogP contribution in [-0.2, 0) is 16.0 Å². The fourth-order valence-electron chi connectivity index (χ4n) is 3.10. The molecule has 1 fully saturated rings. The Morgan fingerprint density at radius 1 is 1.16 bits per heavy atom. The third-order valence-corrected chi connectivity index (χ3v) is 4.67. The van der Waals surface area contributed by atoms with E-state index in [4.69, 9.17) is 0 Å². The molecule has 0 radical (unpaired) electrons. The zero-order valence-electron chi connectivity index (χ0n) is 15.3. The highest BCUT2D eigenvalue weighted by Gasteiger charge is 2.30. The zero-order chi connectivity index (χ0) is 17.5. The smallest absolute Gasteiger partial charge is 0.245 e. The van der Waals surface area contributed by atoms with Gasteiger partial charge in [-0.15, -0.1) is 12.4 Å². The average Bonchev–Trinajstić information content (AvgIpc) is 2.60. The molecule has 2 N–H and O–H groups in total. The van der Waals surface area contributed by atoms with E-state index >= 15 is 0 Å². The van der Waals surface area contributed by atoms with Crippen LogP contribution in [0.1, 0.15) is 32.3 Å². The van der Waals surface area contributed by atoms with Gasteiger partial charge >= 0.3 is 0 Å². The summed E-state index contributed by atoms with van der Waals surface area (Å²) < 4.78 is 0. The number of benzene rings is 1. The van der Waals surface area contributed by atoms with E-state index in [0.29, 0.717) is 12.5 Å². The van der Waals surface area contributed by atoms with Gasteiger partial charge in [0, 0.05) is 19.1 Å². The lowest BCUT2D eigenvalue weighted by Gasteiger charge is -2.35. The van der Waals surface area contributed by atoms with Crippen LogP contribution in [0.3, 0.4) is 0 Å². The number of rotatable bonds is 6. The SMILES string of the molecule is CNC1CCN(C(=O)C(NC(=O)Cc2ccccc2)C(C)C)CC1.Cl. The Bertz CT molecular complexity index is 543. The maximum absolute atomic E-state index is 12.8. The molecule has 6 heteroatoms. The lowest BCUT2D eigenvalue weighted by molar-refractivity contribution is -0.138. The van der Waals surface area contributed by atoms with E-state index in [1.165, 1.54) is 0 Å². The molecule has 140 valence electrons. The van der Waals surface area contributed by atoms with Crippen LogP contribution in [0, 0.1) is 5.92 Å². The molecule has 1 unspecified atom stereocenters. The first-order valence-electron chi connectivity index (χ1n) is 8.80. The molecule has 1 aromatic carbocycles. The Hall–Kier alpha value is -1.59. The number of likely N-dealkylation sites (tertiary alicyclic amines) is 1. The lowest BCUT2D eigenvalue weighted by Crippen LogP contribution is -2.54. The maximum atomic E-state index is 12.8. The zero-order valence-corrected chi connectivity index (χ0v) is 16.1. The summed E-state index contributed by atoms with van der Waals surface area (Å²) in [6.07, 6.45) is 2.23. The number of nitrogens with one attached hydrogen (secondary N) is 2. The summed E-state index contributed by atoms with van der Waals surface area (Å²) in [5.41, 5.74) is 0.958. The summed E-state index contributed by atoms with van der Waals surface area (Å²) in [5.74, 6) is 0.0126. The van der Waals surface area contributed by atoms with E-state index in [-0.39, 0.29) is 30.1 Å². The van der Waals surface area contributed by atoms with Crippen molar-refractivity contribution in [1.29, 1.82) is 0 Å². The van der Waals surface area contributed by atoms with E-state index in [9.17, 15) is 9.59 Å². The highest BCUT2D eigenvalue weighted by atomic mass is 35.5. The minimum absolute atomic E-state index is 0. The van der Waals surface area contributed by atoms with Gasteiger partial charge in [0.05, 0.1) is 6.42 Å². The first kappa shape index (κ1) is 21.5. The van der Waals surface area contributed by atoms with E-state index in [1.807, 2.05) is 56.1 Å². The Morgan fingerprint density at radius 3 is 2.28 bits per heavy atom. The van der Waals surface area contributed by atoms with Crippen LogP contribution in [0.4, 0.5) is 0 Å². The van der Waals surface area contributed by atoms with Gasteiger partial charge in [0.15, 0.2) is 0 Å². The molecule has 25 heavy (non-hydrogen) atoms. The third kappa shape index (κ3) is 6.33. The van der Waals surface area contributed by atoms with Gasteiger partial charge in [-0.25, -0.2) is 0 Å². The number of nitrogens with zero attached hydrogens (tertiary/aromatic N) is 1. The number of amides is 2. The van der Waals surface area contributed by atoms with Gasteiger partial charge in [0.2, 0.25) is 11.8 Å². The molecule has 0 bridgehead atoms. The van der Waals surface area contributed by atoms with E-state index < -0.39 is 6.04 Å². The van der Waals surface area contributed by atoms with Crippen molar-refractivity contribution < 1.29 is 9.59 Å². The fourth-order valence-corrected chi connectivity index (χ4v) is 3.10. The summed E-state index contributed by atoms with van der Waals surface area (Å²) in [7, 11) is 1.96. The van der Waals surface area contributed by atoms with Gasteiger partial charge in [-0.05, 0) is 31.4 Å². The van der Waals surface area contributed by atoms with Gasteiger partial charge in [0.1, 0.15) is 6.04 Å². The molecule has 1 aromatic rings. The molecular weight excluding hydrogens is 338 g/mol. The van der Waals surface area contributed by atoms with Crippen LogP contribution < -0.4 is 10.6 Å². The molecule has 0 aromatic heterocycles. The van der Waals surface area contributed by atoms with E-state index in [2.05, 4.69) is 10.6 Å². The number of carbonyl (C=O) groups is 2. The van der Waals surface area contributed by atoms with Crippen molar-refractivity contribution in [3.05, 3.63) is 35.9 Å². The van der Waals surface area contributed by atoms with Gasteiger partial charge < -0.3 is 15.5 Å². The van der Waals surface area contributed by atoms with Crippen molar-refractivity contribution >= 4 is 24.2 Å². The standard InChI is InChI=1S/C19H29N3O2.ClH/c1-14(2)18(19(24)22-11-9-16(20-3)10-12-22)21-17(23)13-15-7-5-4-6-8-15;/h4-8,14,16,18,20H,9-13H2,1-3H3,(H,21,23);1H. The topological polar surface area (TPSA) is 61.4 Å². The van der Waals surface area contributed by atoms with Crippen molar-refractivity contribution in [3.63, 3.8) is 0 Å². The van der Waals surface area contributed by atoms with Crippen molar-refractivity contribution in [1.82, 2.24) is 15.5 Å². The molecule has 2 amide bonds. The first-order valence-corrected chi connectivity index (χ1v) is 8.80. The summed E-state index contributed by atoms with van der Waals surface area (Å²) in [6, 6.07) is 9.64. The Balaban J connectivity index is 0.00000312. The molecule has 1 heterocycles. The minimum Gasteiger partial charge on any atom is -0.344 e. The largest absolute Gasteiger partial charge is 0.344 e. The monoisotopic (exact) mass is 367 g/mol. The van der Waals surface area contributed by atoms with Crippen LogP contribution in [-0.4, -0.2) is 48.9 Å². The van der Waals surface area contributed by atoms with Crippen molar-refractivity contribution in [2.75, 3.05) is 20.1 Å².